The summed E-state index contributed by atoms with van der Waals surface area (Å²) in [7, 11) is 0. The van der Waals surface area contributed by atoms with Crippen LogP contribution in [0.5, 0.6) is 0 Å². The molecule has 0 spiro atoms. The smallest absolute Gasteiger partial charge is 0.259 e. The predicted molar refractivity (Wildman–Crippen MR) is 106 cm³/mol. The number of fused-ring (bicyclic) bond motifs is 2. The highest BCUT2D eigenvalue weighted by Gasteiger charge is 2.28. The first-order chi connectivity index (χ1) is 13.2. The summed E-state index contributed by atoms with van der Waals surface area (Å²) < 4.78 is 5.33. The van der Waals surface area contributed by atoms with Crippen LogP contribution in [0.25, 0.3) is 0 Å². The van der Waals surface area contributed by atoms with Crippen molar-refractivity contribution < 1.29 is 14.3 Å². The zero-order valence-corrected chi connectivity index (χ0v) is 15.7. The van der Waals surface area contributed by atoms with Crippen LogP contribution in [0.1, 0.15) is 20.7 Å². The normalized spacial score (nSPS) is 16.4. The second kappa shape index (κ2) is 7.58. The Morgan fingerprint density at radius 3 is 2.70 bits per heavy atom. The number of rotatable bonds is 3. The van der Waals surface area contributed by atoms with Crippen molar-refractivity contribution in [2.24, 2.45) is 0 Å². The molecule has 0 bridgehead atoms. The molecule has 2 aliphatic heterocycles. The lowest BCUT2D eigenvalue weighted by Crippen LogP contribution is -2.40. The number of nitrogens with zero attached hydrogens (tertiary/aromatic N) is 2. The van der Waals surface area contributed by atoms with E-state index in [-0.39, 0.29) is 11.8 Å². The molecule has 0 unspecified atom stereocenters. The van der Waals surface area contributed by atoms with Gasteiger partial charge in [-0.2, -0.15) is 0 Å². The van der Waals surface area contributed by atoms with Crippen molar-refractivity contribution in [1.29, 1.82) is 0 Å². The van der Waals surface area contributed by atoms with E-state index < -0.39 is 0 Å². The highest BCUT2D eigenvalue weighted by molar-refractivity contribution is 7.99. The number of hydrogen-bond acceptors (Lipinski definition) is 4. The van der Waals surface area contributed by atoms with E-state index in [1.807, 2.05) is 42.5 Å². The summed E-state index contributed by atoms with van der Waals surface area (Å²) >= 11 is 1.55. The quantitative estimate of drug-likeness (QED) is 0.766. The topological polar surface area (TPSA) is 49.9 Å². The van der Waals surface area contributed by atoms with Gasteiger partial charge in [0.2, 0.25) is 0 Å². The molecule has 2 heterocycles. The lowest BCUT2D eigenvalue weighted by Gasteiger charge is -2.28. The number of anilines is 1. The van der Waals surface area contributed by atoms with Crippen molar-refractivity contribution >= 4 is 29.3 Å². The summed E-state index contributed by atoms with van der Waals surface area (Å²) in [6.07, 6.45) is 1.71. The Kier molecular flexibility index (Phi) is 5.01. The first-order valence-corrected chi connectivity index (χ1v) is 9.71. The van der Waals surface area contributed by atoms with Gasteiger partial charge in [0.15, 0.2) is 0 Å². The molecule has 1 fully saturated rings. The second-order valence-electron chi connectivity index (χ2n) is 6.39. The summed E-state index contributed by atoms with van der Waals surface area (Å²) in [5, 5.41) is 0. The molecule has 0 aromatic heterocycles. The molecule has 1 saturated heterocycles. The van der Waals surface area contributed by atoms with Crippen LogP contribution >= 0.6 is 11.8 Å². The van der Waals surface area contributed by atoms with Crippen LogP contribution in [0.3, 0.4) is 0 Å². The van der Waals surface area contributed by atoms with Crippen molar-refractivity contribution in [2.75, 3.05) is 37.7 Å². The van der Waals surface area contributed by atoms with E-state index in [1.165, 1.54) is 0 Å². The van der Waals surface area contributed by atoms with Crippen LogP contribution in [-0.2, 0) is 4.74 Å². The Balaban J connectivity index is 1.75. The van der Waals surface area contributed by atoms with E-state index in [2.05, 4.69) is 6.58 Å². The number of carbonyl (C=O) groups excluding carboxylic acids is 2. The van der Waals surface area contributed by atoms with Gasteiger partial charge in [0.25, 0.3) is 11.8 Å². The van der Waals surface area contributed by atoms with E-state index >= 15 is 0 Å². The van der Waals surface area contributed by atoms with Gasteiger partial charge in [0.05, 0.1) is 24.5 Å². The molecule has 2 amide bonds. The van der Waals surface area contributed by atoms with Crippen molar-refractivity contribution in [3.05, 3.63) is 66.2 Å². The molecule has 0 atom stereocenters. The molecule has 2 aliphatic rings. The van der Waals surface area contributed by atoms with Crippen LogP contribution in [0, 0.1) is 0 Å². The summed E-state index contributed by atoms with van der Waals surface area (Å²) in [6, 6.07) is 13.2. The monoisotopic (exact) mass is 380 g/mol. The van der Waals surface area contributed by atoms with Crippen LogP contribution in [0.15, 0.2) is 64.9 Å². The SMILES string of the molecule is C=CCN1C(=O)c2ccccc2Sc2ccc(C(=O)N3CCOCC3)cc21. The maximum absolute atomic E-state index is 13.1. The maximum Gasteiger partial charge on any atom is 0.259 e. The van der Waals surface area contributed by atoms with Crippen LogP contribution in [0.2, 0.25) is 0 Å². The van der Waals surface area contributed by atoms with E-state index in [1.54, 1.807) is 27.6 Å². The minimum atomic E-state index is -0.0762. The van der Waals surface area contributed by atoms with Gasteiger partial charge in [-0.15, -0.1) is 6.58 Å². The highest BCUT2D eigenvalue weighted by atomic mass is 32.2. The number of morpholine rings is 1. The van der Waals surface area contributed by atoms with Gasteiger partial charge in [-0.05, 0) is 30.3 Å². The Hall–Kier alpha value is -2.57. The molecule has 6 heteroatoms. The van der Waals surface area contributed by atoms with Crippen LogP contribution < -0.4 is 4.90 Å². The fourth-order valence-corrected chi connectivity index (χ4v) is 4.37. The minimum absolute atomic E-state index is 0.0288. The van der Waals surface area contributed by atoms with E-state index in [0.29, 0.717) is 44.0 Å². The lowest BCUT2D eigenvalue weighted by molar-refractivity contribution is 0.0303. The Morgan fingerprint density at radius 2 is 1.93 bits per heavy atom. The van der Waals surface area contributed by atoms with Crippen molar-refractivity contribution in [3.8, 4) is 0 Å². The Morgan fingerprint density at radius 1 is 1.15 bits per heavy atom. The molecule has 2 aromatic carbocycles. The minimum Gasteiger partial charge on any atom is -0.378 e. The third-order valence-corrected chi connectivity index (χ3v) is 5.83. The largest absolute Gasteiger partial charge is 0.378 e. The average Bonchev–Trinajstić information content (AvgIpc) is 2.83. The molecule has 0 N–H and O–H groups in total. The van der Waals surface area contributed by atoms with Gasteiger partial charge in [-0.1, -0.05) is 30.0 Å². The zero-order chi connectivity index (χ0) is 18.8. The molecule has 0 radical (unpaired) electrons. The fourth-order valence-electron chi connectivity index (χ4n) is 3.31. The zero-order valence-electron chi connectivity index (χ0n) is 14.9. The summed E-state index contributed by atoms with van der Waals surface area (Å²) in [4.78, 5) is 31.4. The number of ether oxygens (including phenoxy) is 1. The molecule has 138 valence electrons. The maximum atomic E-state index is 13.1. The molecule has 4 rings (SSSR count). The van der Waals surface area contributed by atoms with Gasteiger partial charge in [-0.25, -0.2) is 0 Å². The molecule has 27 heavy (non-hydrogen) atoms. The lowest BCUT2D eigenvalue weighted by atomic mass is 10.1. The third kappa shape index (κ3) is 3.38. The Labute approximate surface area is 162 Å². The number of amides is 2. The van der Waals surface area contributed by atoms with Gasteiger partial charge >= 0.3 is 0 Å². The molecule has 5 nitrogen and oxygen atoms in total. The average molecular weight is 380 g/mol. The van der Waals surface area contributed by atoms with E-state index in [4.69, 9.17) is 4.74 Å². The van der Waals surface area contributed by atoms with Gasteiger partial charge in [-0.3, -0.25) is 9.59 Å². The summed E-state index contributed by atoms with van der Waals surface area (Å²) in [5.74, 6) is -0.105. The molecule has 0 aliphatic carbocycles. The number of hydrogen-bond donors (Lipinski definition) is 0. The highest BCUT2D eigenvalue weighted by Crippen LogP contribution is 2.41. The third-order valence-electron chi connectivity index (χ3n) is 4.69. The summed E-state index contributed by atoms with van der Waals surface area (Å²) in [5.41, 5.74) is 2.01. The first kappa shape index (κ1) is 17.8. The fraction of sp³-hybridized carbons (Fsp3) is 0.238. The Bertz CT molecular complexity index is 906. The van der Waals surface area contributed by atoms with Crippen LogP contribution in [0.4, 0.5) is 5.69 Å². The van der Waals surface area contributed by atoms with Gasteiger partial charge in [0.1, 0.15) is 0 Å². The van der Waals surface area contributed by atoms with E-state index in [0.717, 1.165) is 15.5 Å². The molecular weight excluding hydrogens is 360 g/mol. The van der Waals surface area contributed by atoms with Crippen LogP contribution in [-0.4, -0.2) is 49.6 Å². The molecule has 0 saturated carbocycles. The second-order valence-corrected chi connectivity index (χ2v) is 7.47. The van der Waals surface area contributed by atoms with Crippen molar-refractivity contribution in [2.45, 2.75) is 9.79 Å². The van der Waals surface area contributed by atoms with Gasteiger partial charge < -0.3 is 14.5 Å². The predicted octanol–water partition coefficient (Wildman–Crippen LogP) is 3.46. The number of benzene rings is 2. The van der Waals surface area contributed by atoms with Crippen molar-refractivity contribution in [1.82, 2.24) is 4.90 Å². The van der Waals surface area contributed by atoms with Crippen molar-refractivity contribution in [3.63, 3.8) is 0 Å². The van der Waals surface area contributed by atoms with Gasteiger partial charge in [0, 0.05) is 35.0 Å². The standard InChI is InChI=1S/C21H20N2O3S/c1-2-9-23-17-14-15(20(24)22-10-12-26-13-11-22)7-8-19(17)27-18-6-4-3-5-16(18)21(23)25/h2-8,14H,1,9-13H2. The molecular formula is C21H20N2O3S. The first-order valence-electron chi connectivity index (χ1n) is 8.90. The molecule has 2 aromatic rings. The summed E-state index contributed by atoms with van der Waals surface area (Å²) in [6.45, 7) is 6.47. The van der Waals surface area contributed by atoms with E-state index in [9.17, 15) is 9.59 Å². The number of carbonyl (C=O) groups is 2.